The van der Waals surface area contributed by atoms with E-state index >= 15 is 0 Å². The largest absolute Gasteiger partial charge is 0.330 e. The van der Waals surface area contributed by atoms with Crippen molar-refractivity contribution in [3.05, 3.63) is 41.5 Å². The van der Waals surface area contributed by atoms with Crippen molar-refractivity contribution in [2.24, 2.45) is 12.8 Å². The van der Waals surface area contributed by atoms with Crippen molar-refractivity contribution < 1.29 is 4.39 Å². The lowest BCUT2D eigenvalue weighted by Gasteiger charge is -2.12. The monoisotopic (exact) mass is 235 g/mol. The Balaban J connectivity index is 2.13. The van der Waals surface area contributed by atoms with E-state index in [0.717, 1.165) is 5.56 Å². The second-order valence-electron chi connectivity index (χ2n) is 3.88. The molecule has 2 aromatic rings. The second-order valence-corrected chi connectivity index (χ2v) is 3.88. The number of rotatable bonds is 4. The van der Waals surface area contributed by atoms with Gasteiger partial charge in [0.2, 0.25) is 0 Å². The van der Waals surface area contributed by atoms with Crippen LogP contribution in [0.4, 0.5) is 4.39 Å². The highest BCUT2D eigenvalue weighted by molar-refractivity contribution is 5.21. The predicted molar refractivity (Wildman–Crippen MR) is 60.7 cm³/mol. The maximum Gasteiger partial charge on any atom is 0.175 e. The number of nitrogens with zero attached hydrogens (tertiary/aromatic N) is 4. The van der Waals surface area contributed by atoms with Crippen LogP contribution in [0.2, 0.25) is 0 Å². The highest BCUT2D eigenvalue weighted by Crippen LogP contribution is 2.18. The van der Waals surface area contributed by atoms with Gasteiger partial charge in [0.15, 0.2) is 5.82 Å². The normalized spacial score (nSPS) is 12.6. The minimum Gasteiger partial charge on any atom is -0.330 e. The fourth-order valence-electron chi connectivity index (χ4n) is 1.70. The zero-order valence-electron chi connectivity index (χ0n) is 9.55. The van der Waals surface area contributed by atoms with Crippen LogP contribution in [0, 0.1) is 5.82 Å². The molecule has 2 rings (SSSR count). The molecule has 1 aromatic carbocycles. The standard InChI is InChI=1S/C11H14FN5/c1-17-15-11(14-16-17)6-9(7-13)8-2-4-10(12)5-3-8/h2-5,9H,6-7,13H2,1H3. The van der Waals surface area contributed by atoms with Crippen molar-refractivity contribution in [2.45, 2.75) is 12.3 Å². The third-order valence-corrected chi connectivity index (χ3v) is 2.60. The van der Waals surface area contributed by atoms with E-state index in [2.05, 4.69) is 15.4 Å². The molecule has 2 N–H and O–H groups in total. The smallest absolute Gasteiger partial charge is 0.175 e. The third kappa shape index (κ3) is 2.85. The first kappa shape index (κ1) is 11.7. The average Bonchev–Trinajstić information content (AvgIpc) is 2.73. The van der Waals surface area contributed by atoms with Gasteiger partial charge in [-0.3, -0.25) is 0 Å². The van der Waals surface area contributed by atoms with E-state index in [4.69, 9.17) is 5.73 Å². The van der Waals surface area contributed by atoms with Crippen molar-refractivity contribution in [1.82, 2.24) is 20.2 Å². The molecular weight excluding hydrogens is 221 g/mol. The Morgan fingerprint density at radius 3 is 2.59 bits per heavy atom. The molecule has 0 aliphatic rings. The highest BCUT2D eigenvalue weighted by Gasteiger charge is 2.13. The molecule has 1 aromatic heterocycles. The summed E-state index contributed by atoms with van der Waals surface area (Å²) in [5.74, 6) is 0.481. The first-order valence-corrected chi connectivity index (χ1v) is 5.37. The minimum absolute atomic E-state index is 0.0831. The molecule has 0 radical (unpaired) electrons. The summed E-state index contributed by atoms with van der Waals surface area (Å²) >= 11 is 0. The van der Waals surface area contributed by atoms with Crippen LogP contribution in [0.15, 0.2) is 24.3 Å². The van der Waals surface area contributed by atoms with Crippen LogP contribution in [0.25, 0.3) is 0 Å². The number of nitrogens with two attached hydrogens (primary N) is 1. The molecule has 5 nitrogen and oxygen atoms in total. The van der Waals surface area contributed by atoms with Crippen LogP contribution in [0.1, 0.15) is 17.3 Å². The van der Waals surface area contributed by atoms with E-state index in [9.17, 15) is 4.39 Å². The van der Waals surface area contributed by atoms with Crippen LogP contribution in [-0.2, 0) is 13.5 Å². The van der Waals surface area contributed by atoms with Gasteiger partial charge in [0.1, 0.15) is 5.82 Å². The van der Waals surface area contributed by atoms with Gasteiger partial charge in [0, 0.05) is 12.3 Å². The number of aryl methyl sites for hydroxylation is 1. The summed E-state index contributed by atoms with van der Waals surface area (Å²) in [6.07, 6.45) is 0.607. The Labute approximate surface area is 98.4 Å². The van der Waals surface area contributed by atoms with E-state index < -0.39 is 0 Å². The van der Waals surface area contributed by atoms with E-state index in [1.165, 1.54) is 16.9 Å². The van der Waals surface area contributed by atoms with Gasteiger partial charge < -0.3 is 5.73 Å². The van der Waals surface area contributed by atoms with Gasteiger partial charge in [0.25, 0.3) is 0 Å². The summed E-state index contributed by atoms with van der Waals surface area (Å²) in [6, 6.07) is 6.34. The van der Waals surface area contributed by atoms with Gasteiger partial charge in [-0.05, 0) is 29.5 Å². The van der Waals surface area contributed by atoms with Gasteiger partial charge in [-0.1, -0.05) is 12.1 Å². The molecule has 0 fully saturated rings. The molecule has 17 heavy (non-hydrogen) atoms. The molecule has 0 amide bonds. The molecule has 1 atom stereocenters. The van der Waals surface area contributed by atoms with Crippen LogP contribution >= 0.6 is 0 Å². The predicted octanol–water partition coefficient (Wildman–Crippen LogP) is 0.634. The van der Waals surface area contributed by atoms with Crippen molar-refractivity contribution in [1.29, 1.82) is 0 Å². The average molecular weight is 235 g/mol. The zero-order valence-corrected chi connectivity index (χ0v) is 9.55. The Hall–Kier alpha value is -1.82. The number of benzene rings is 1. The van der Waals surface area contributed by atoms with Crippen LogP contribution in [-0.4, -0.2) is 26.8 Å². The van der Waals surface area contributed by atoms with E-state index in [1.807, 2.05) is 0 Å². The summed E-state index contributed by atoms with van der Waals surface area (Å²) in [5.41, 5.74) is 6.71. The lowest BCUT2D eigenvalue weighted by Crippen LogP contribution is -2.16. The molecule has 0 bridgehead atoms. The van der Waals surface area contributed by atoms with Crippen LogP contribution in [0.3, 0.4) is 0 Å². The lowest BCUT2D eigenvalue weighted by atomic mass is 9.95. The number of aromatic nitrogens is 4. The first-order chi connectivity index (χ1) is 8.19. The molecule has 90 valence electrons. The fourth-order valence-corrected chi connectivity index (χ4v) is 1.70. The number of halogens is 1. The van der Waals surface area contributed by atoms with Gasteiger partial charge in [-0.2, -0.15) is 4.80 Å². The number of tetrazole rings is 1. The quantitative estimate of drug-likeness (QED) is 0.844. The summed E-state index contributed by atoms with van der Waals surface area (Å²) in [7, 11) is 1.71. The minimum atomic E-state index is -0.248. The van der Waals surface area contributed by atoms with E-state index in [0.29, 0.717) is 18.8 Å². The molecule has 0 aliphatic heterocycles. The van der Waals surface area contributed by atoms with Gasteiger partial charge in [-0.15, -0.1) is 10.2 Å². The Morgan fingerprint density at radius 2 is 2.06 bits per heavy atom. The van der Waals surface area contributed by atoms with Crippen molar-refractivity contribution in [3.8, 4) is 0 Å². The summed E-state index contributed by atoms with van der Waals surface area (Å²) in [5, 5.41) is 11.8. The molecular formula is C11H14FN5. The molecule has 0 spiro atoms. The van der Waals surface area contributed by atoms with Gasteiger partial charge in [-0.25, -0.2) is 4.39 Å². The molecule has 0 saturated carbocycles. The number of hydrogen-bond acceptors (Lipinski definition) is 4. The fraction of sp³-hybridized carbons (Fsp3) is 0.364. The highest BCUT2D eigenvalue weighted by atomic mass is 19.1. The summed E-state index contributed by atoms with van der Waals surface area (Å²) in [6.45, 7) is 0.462. The zero-order chi connectivity index (χ0) is 12.3. The maximum absolute atomic E-state index is 12.8. The first-order valence-electron chi connectivity index (χ1n) is 5.37. The number of hydrogen-bond donors (Lipinski definition) is 1. The topological polar surface area (TPSA) is 69.6 Å². The Morgan fingerprint density at radius 1 is 1.35 bits per heavy atom. The van der Waals surface area contributed by atoms with Crippen molar-refractivity contribution in [2.75, 3.05) is 6.54 Å². The van der Waals surface area contributed by atoms with Gasteiger partial charge in [0.05, 0.1) is 7.05 Å². The maximum atomic E-state index is 12.8. The summed E-state index contributed by atoms with van der Waals surface area (Å²) < 4.78 is 12.8. The molecule has 1 unspecified atom stereocenters. The molecule has 0 aliphatic carbocycles. The third-order valence-electron chi connectivity index (χ3n) is 2.60. The molecule has 1 heterocycles. The lowest BCUT2D eigenvalue weighted by molar-refractivity contribution is 0.615. The Bertz CT molecular complexity index is 479. The van der Waals surface area contributed by atoms with Gasteiger partial charge >= 0.3 is 0 Å². The van der Waals surface area contributed by atoms with Crippen LogP contribution < -0.4 is 5.73 Å². The molecule has 0 saturated heterocycles. The van der Waals surface area contributed by atoms with Crippen LogP contribution in [0.5, 0.6) is 0 Å². The second kappa shape index (κ2) is 5.01. The SMILES string of the molecule is Cn1nnc(CC(CN)c2ccc(F)cc2)n1. The van der Waals surface area contributed by atoms with E-state index in [1.54, 1.807) is 19.2 Å². The van der Waals surface area contributed by atoms with Crippen molar-refractivity contribution in [3.63, 3.8) is 0 Å². The summed E-state index contributed by atoms with van der Waals surface area (Å²) in [4.78, 5) is 1.41. The molecule has 6 heteroatoms. The van der Waals surface area contributed by atoms with Crippen molar-refractivity contribution >= 4 is 0 Å². The Kier molecular flexibility index (Phi) is 3.43. The van der Waals surface area contributed by atoms with E-state index in [-0.39, 0.29) is 11.7 Å².